The number of fused-ring (bicyclic) bond motifs is 1. The molecule has 0 saturated carbocycles. The molecule has 0 atom stereocenters. The van der Waals surface area contributed by atoms with Crippen LogP contribution in [0.15, 0.2) is 47.8 Å². The van der Waals surface area contributed by atoms with Crippen LogP contribution in [0.1, 0.15) is 21.5 Å². The van der Waals surface area contributed by atoms with Gasteiger partial charge < -0.3 is 15.2 Å². The smallest absolute Gasteiger partial charge is 0.335 e. The van der Waals surface area contributed by atoms with E-state index in [-0.39, 0.29) is 5.56 Å². The Morgan fingerprint density at radius 1 is 1.20 bits per heavy atom. The van der Waals surface area contributed by atoms with E-state index in [0.29, 0.717) is 23.1 Å². The van der Waals surface area contributed by atoms with Crippen LogP contribution in [0.25, 0.3) is 21.6 Å². The van der Waals surface area contributed by atoms with Crippen molar-refractivity contribution in [2.45, 2.75) is 13.5 Å². The number of carboxylic acid groups (broad SMARTS) is 1. The Hall–Kier alpha value is -3.16. The number of anilines is 1. The van der Waals surface area contributed by atoms with Crippen LogP contribution in [0, 0.1) is 6.92 Å². The van der Waals surface area contributed by atoms with E-state index >= 15 is 0 Å². The van der Waals surface area contributed by atoms with Crippen LogP contribution in [-0.2, 0) is 6.54 Å². The number of hydrogen-bond acceptors (Lipinski definition) is 6. The molecule has 0 fully saturated rings. The maximum atomic E-state index is 11.1. The topological polar surface area (TPSA) is 84.3 Å². The SMILES string of the molecule is COc1ccc(CNc2nc(-c3ccc(C(=O)O)cc3)nc3scc(C)c23)cc1Cl. The number of nitrogens with zero attached hydrogens (tertiary/aromatic N) is 2. The predicted octanol–water partition coefficient (Wildman–Crippen LogP) is 5.64. The molecule has 0 aliphatic heterocycles. The first-order chi connectivity index (χ1) is 14.5. The van der Waals surface area contributed by atoms with Crippen molar-refractivity contribution in [2.24, 2.45) is 0 Å². The number of methoxy groups -OCH3 is 1. The van der Waals surface area contributed by atoms with E-state index in [0.717, 1.165) is 32.7 Å². The molecule has 4 aromatic rings. The van der Waals surface area contributed by atoms with Crippen LogP contribution in [0.3, 0.4) is 0 Å². The zero-order valence-corrected chi connectivity index (χ0v) is 17.8. The number of hydrogen-bond donors (Lipinski definition) is 2. The predicted molar refractivity (Wildman–Crippen MR) is 120 cm³/mol. The van der Waals surface area contributed by atoms with Crippen LogP contribution >= 0.6 is 22.9 Å². The highest BCUT2D eigenvalue weighted by Crippen LogP contribution is 2.32. The molecule has 152 valence electrons. The van der Waals surface area contributed by atoms with Crippen molar-refractivity contribution in [3.8, 4) is 17.1 Å². The largest absolute Gasteiger partial charge is 0.495 e. The summed E-state index contributed by atoms with van der Waals surface area (Å²) in [5, 5.41) is 16.1. The van der Waals surface area contributed by atoms with E-state index in [1.54, 1.807) is 42.7 Å². The van der Waals surface area contributed by atoms with Crippen LogP contribution in [0.5, 0.6) is 5.75 Å². The third-order valence-corrected chi connectivity index (χ3v) is 5.97. The molecule has 0 saturated heterocycles. The number of nitrogens with one attached hydrogen (secondary N) is 1. The normalized spacial score (nSPS) is 10.9. The van der Waals surface area contributed by atoms with Gasteiger partial charge in [-0.25, -0.2) is 14.8 Å². The van der Waals surface area contributed by atoms with E-state index < -0.39 is 5.97 Å². The maximum Gasteiger partial charge on any atom is 0.335 e. The fourth-order valence-corrected chi connectivity index (χ4v) is 4.31. The first kappa shape index (κ1) is 20.1. The lowest BCUT2D eigenvalue weighted by Crippen LogP contribution is -2.04. The molecule has 2 N–H and O–H groups in total. The van der Waals surface area contributed by atoms with Crippen molar-refractivity contribution in [1.82, 2.24) is 9.97 Å². The van der Waals surface area contributed by atoms with Gasteiger partial charge in [0.2, 0.25) is 0 Å². The molecule has 0 aliphatic rings. The van der Waals surface area contributed by atoms with Crippen molar-refractivity contribution in [1.29, 1.82) is 0 Å². The molecular formula is C22H18ClN3O3S. The third kappa shape index (κ3) is 3.94. The van der Waals surface area contributed by atoms with Crippen molar-refractivity contribution in [2.75, 3.05) is 12.4 Å². The standard InChI is InChI=1S/C22H18ClN3O3S/c1-12-11-30-21-18(12)20(24-10-13-3-8-17(29-2)16(23)9-13)25-19(26-21)14-4-6-15(7-5-14)22(27)28/h3-9,11H,10H2,1-2H3,(H,27,28)(H,24,25,26). The summed E-state index contributed by atoms with van der Waals surface area (Å²) in [6.07, 6.45) is 0. The number of carboxylic acids is 1. The molecule has 0 bridgehead atoms. The molecule has 2 aromatic carbocycles. The molecule has 30 heavy (non-hydrogen) atoms. The van der Waals surface area contributed by atoms with Gasteiger partial charge in [0.25, 0.3) is 0 Å². The van der Waals surface area contributed by atoms with E-state index in [1.807, 2.05) is 30.5 Å². The molecule has 0 spiro atoms. The highest BCUT2D eigenvalue weighted by atomic mass is 35.5. The van der Waals surface area contributed by atoms with Gasteiger partial charge in [0.05, 0.1) is 23.1 Å². The molecule has 0 amide bonds. The van der Waals surface area contributed by atoms with Gasteiger partial charge in [0, 0.05) is 12.1 Å². The van der Waals surface area contributed by atoms with Gasteiger partial charge in [-0.05, 0) is 47.7 Å². The number of thiophene rings is 1. The Kier molecular flexibility index (Phi) is 5.57. The average molecular weight is 440 g/mol. The van der Waals surface area contributed by atoms with Crippen molar-refractivity contribution < 1.29 is 14.6 Å². The molecule has 0 aliphatic carbocycles. The first-order valence-corrected chi connectivity index (χ1v) is 10.4. The second kappa shape index (κ2) is 8.30. The molecule has 0 unspecified atom stereocenters. The van der Waals surface area contributed by atoms with Crippen molar-refractivity contribution in [3.05, 3.63) is 69.6 Å². The summed E-state index contributed by atoms with van der Waals surface area (Å²) in [6.45, 7) is 2.56. The highest BCUT2D eigenvalue weighted by Gasteiger charge is 2.14. The Labute approximate surface area is 182 Å². The summed E-state index contributed by atoms with van der Waals surface area (Å²) in [6, 6.07) is 12.2. The zero-order valence-electron chi connectivity index (χ0n) is 16.3. The molecule has 8 heteroatoms. The van der Waals surface area contributed by atoms with Crippen LogP contribution in [0.2, 0.25) is 5.02 Å². The van der Waals surface area contributed by atoms with Crippen LogP contribution in [-0.4, -0.2) is 28.2 Å². The van der Waals surface area contributed by atoms with Gasteiger partial charge in [-0.15, -0.1) is 11.3 Å². The van der Waals surface area contributed by atoms with Gasteiger partial charge in [0.15, 0.2) is 5.82 Å². The number of halogens is 1. The second-order valence-electron chi connectivity index (χ2n) is 6.70. The number of aromatic carboxylic acids is 1. The monoisotopic (exact) mass is 439 g/mol. The van der Waals surface area contributed by atoms with E-state index in [1.165, 1.54) is 0 Å². The highest BCUT2D eigenvalue weighted by molar-refractivity contribution is 7.17. The molecule has 4 rings (SSSR count). The maximum absolute atomic E-state index is 11.1. The molecule has 2 heterocycles. The van der Waals surface area contributed by atoms with Crippen molar-refractivity contribution in [3.63, 3.8) is 0 Å². The number of rotatable bonds is 6. The van der Waals surface area contributed by atoms with Gasteiger partial charge in [-0.2, -0.15) is 0 Å². The number of benzene rings is 2. The fraction of sp³-hybridized carbons (Fsp3) is 0.136. The Morgan fingerprint density at radius 2 is 1.97 bits per heavy atom. The lowest BCUT2D eigenvalue weighted by molar-refractivity contribution is 0.0697. The number of aryl methyl sites for hydroxylation is 1. The Bertz CT molecular complexity index is 1240. The van der Waals surface area contributed by atoms with Gasteiger partial charge in [-0.1, -0.05) is 29.8 Å². The minimum absolute atomic E-state index is 0.224. The zero-order chi connectivity index (χ0) is 21.3. The van der Waals surface area contributed by atoms with Crippen molar-refractivity contribution >= 4 is 44.9 Å². The van der Waals surface area contributed by atoms with E-state index in [9.17, 15) is 4.79 Å². The van der Waals surface area contributed by atoms with E-state index in [4.69, 9.17) is 26.4 Å². The Balaban J connectivity index is 1.68. The average Bonchev–Trinajstić information content (AvgIpc) is 3.13. The minimum Gasteiger partial charge on any atom is -0.495 e. The summed E-state index contributed by atoms with van der Waals surface area (Å²) >= 11 is 7.79. The van der Waals surface area contributed by atoms with Crippen LogP contribution in [0.4, 0.5) is 5.82 Å². The third-order valence-electron chi connectivity index (χ3n) is 4.68. The van der Waals surface area contributed by atoms with E-state index in [2.05, 4.69) is 10.3 Å². The molecule has 6 nitrogen and oxygen atoms in total. The fourth-order valence-electron chi connectivity index (χ4n) is 3.11. The summed E-state index contributed by atoms with van der Waals surface area (Å²) in [4.78, 5) is 21.4. The lowest BCUT2D eigenvalue weighted by atomic mass is 10.1. The molecular weight excluding hydrogens is 422 g/mol. The van der Waals surface area contributed by atoms with Gasteiger partial charge >= 0.3 is 5.97 Å². The summed E-state index contributed by atoms with van der Waals surface area (Å²) < 4.78 is 5.21. The minimum atomic E-state index is -0.965. The molecule has 2 aromatic heterocycles. The van der Waals surface area contributed by atoms with Gasteiger partial charge in [0.1, 0.15) is 16.4 Å². The lowest BCUT2D eigenvalue weighted by Gasteiger charge is -2.11. The van der Waals surface area contributed by atoms with Crippen LogP contribution < -0.4 is 10.1 Å². The summed E-state index contributed by atoms with van der Waals surface area (Å²) in [7, 11) is 1.58. The summed E-state index contributed by atoms with van der Waals surface area (Å²) in [5.74, 6) is 0.928. The summed E-state index contributed by atoms with van der Waals surface area (Å²) in [5.41, 5.74) is 3.07. The van der Waals surface area contributed by atoms with Gasteiger partial charge in [-0.3, -0.25) is 0 Å². The first-order valence-electron chi connectivity index (χ1n) is 9.12. The number of ether oxygens (including phenoxy) is 1. The second-order valence-corrected chi connectivity index (χ2v) is 7.96. The number of aromatic nitrogens is 2. The quantitative estimate of drug-likeness (QED) is 0.404. The molecule has 0 radical (unpaired) electrons. The Morgan fingerprint density at radius 3 is 2.63 bits per heavy atom. The number of carbonyl (C=O) groups is 1.